The van der Waals surface area contributed by atoms with Crippen LogP contribution < -0.4 is 0 Å². The molecule has 0 spiro atoms. The fourth-order valence-corrected chi connectivity index (χ4v) is 1.90. The van der Waals surface area contributed by atoms with Crippen LogP contribution in [0.25, 0.3) is 10.9 Å². The summed E-state index contributed by atoms with van der Waals surface area (Å²) in [6, 6.07) is 7.86. The lowest BCUT2D eigenvalue weighted by Gasteiger charge is -2.04. The number of ketones is 1. The lowest BCUT2D eigenvalue weighted by Crippen LogP contribution is -2.11. The van der Waals surface area contributed by atoms with E-state index in [2.05, 4.69) is 20.9 Å². The number of para-hydroxylation sites is 1. The van der Waals surface area contributed by atoms with Gasteiger partial charge in [0.15, 0.2) is 5.78 Å². The van der Waals surface area contributed by atoms with E-state index in [1.54, 1.807) is 6.20 Å². The number of halogens is 1. The first-order valence-corrected chi connectivity index (χ1v) is 6.02. The van der Waals surface area contributed by atoms with Crippen LogP contribution in [0.1, 0.15) is 17.3 Å². The van der Waals surface area contributed by atoms with Crippen LogP contribution in [-0.2, 0) is 0 Å². The Labute approximate surface area is 96.8 Å². The Kier molecular flexibility index (Phi) is 2.91. The summed E-state index contributed by atoms with van der Waals surface area (Å²) in [5, 5.41) is 1.71. The molecule has 2 nitrogen and oxygen atoms in total. The zero-order valence-electron chi connectivity index (χ0n) is 8.46. The van der Waals surface area contributed by atoms with Crippen LogP contribution in [0.4, 0.5) is 0 Å². The maximum absolute atomic E-state index is 12.0. The molecule has 15 heavy (non-hydrogen) atoms. The minimum Gasteiger partial charge on any atom is -0.360 e. The Balaban J connectivity index is 2.48. The number of carbonyl (C=O) groups is 1. The predicted octanol–water partition coefficient (Wildman–Crippen LogP) is 3.38. The molecule has 0 aliphatic carbocycles. The van der Waals surface area contributed by atoms with Gasteiger partial charge in [-0.25, -0.2) is 0 Å². The Morgan fingerprint density at radius 1 is 1.47 bits per heavy atom. The van der Waals surface area contributed by atoms with Crippen molar-refractivity contribution in [3.8, 4) is 0 Å². The van der Waals surface area contributed by atoms with Gasteiger partial charge in [0, 0.05) is 33.9 Å². The minimum atomic E-state index is 0.0178. The second kappa shape index (κ2) is 4.19. The molecule has 1 N–H and O–H groups in total. The van der Waals surface area contributed by atoms with Gasteiger partial charge in [-0.15, -0.1) is 0 Å². The van der Waals surface area contributed by atoms with Crippen molar-refractivity contribution in [2.24, 2.45) is 5.92 Å². The van der Waals surface area contributed by atoms with Gasteiger partial charge < -0.3 is 4.98 Å². The van der Waals surface area contributed by atoms with E-state index in [0.29, 0.717) is 5.33 Å². The molecule has 0 radical (unpaired) electrons. The summed E-state index contributed by atoms with van der Waals surface area (Å²) >= 11 is 3.33. The summed E-state index contributed by atoms with van der Waals surface area (Å²) < 4.78 is 0. The van der Waals surface area contributed by atoms with E-state index in [4.69, 9.17) is 0 Å². The predicted molar refractivity (Wildman–Crippen MR) is 65.6 cm³/mol. The van der Waals surface area contributed by atoms with Crippen LogP contribution >= 0.6 is 15.9 Å². The van der Waals surface area contributed by atoms with Gasteiger partial charge in [-0.3, -0.25) is 4.79 Å². The summed E-state index contributed by atoms with van der Waals surface area (Å²) in [7, 11) is 0. The molecular formula is C12H12BrNO. The first-order valence-electron chi connectivity index (χ1n) is 4.90. The number of alkyl halides is 1. The number of benzene rings is 1. The largest absolute Gasteiger partial charge is 0.360 e. The molecule has 1 heterocycles. The van der Waals surface area contributed by atoms with Crippen molar-refractivity contribution >= 4 is 32.6 Å². The molecule has 1 aromatic carbocycles. The summed E-state index contributed by atoms with van der Waals surface area (Å²) in [4.78, 5) is 15.1. The van der Waals surface area contributed by atoms with Crippen LogP contribution in [0.15, 0.2) is 30.5 Å². The van der Waals surface area contributed by atoms with E-state index in [1.165, 1.54) is 0 Å². The third-order valence-electron chi connectivity index (χ3n) is 2.53. The van der Waals surface area contributed by atoms with Crippen LogP contribution in [0.5, 0.6) is 0 Å². The monoisotopic (exact) mass is 265 g/mol. The number of carbonyl (C=O) groups excluding carboxylic acids is 1. The average Bonchev–Trinajstić information content (AvgIpc) is 2.70. The molecule has 0 aliphatic rings. The van der Waals surface area contributed by atoms with Gasteiger partial charge in [0.2, 0.25) is 0 Å². The van der Waals surface area contributed by atoms with Crippen molar-refractivity contribution in [2.75, 3.05) is 5.33 Å². The molecule has 0 saturated heterocycles. The number of Topliss-reactive ketones (excluding diaryl/α,β-unsaturated/α-hetero) is 1. The van der Waals surface area contributed by atoms with Gasteiger partial charge in [-0.1, -0.05) is 41.1 Å². The number of aromatic amines is 1. The molecular weight excluding hydrogens is 254 g/mol. The highest BCUT2D eigenvalue weighted by molar-refractivity contribution is 9.09. The number of hydrogen-bond donors (Lipinski definition) is 1. The molecule has 0 aliphatic heterocycles. The highest BCUT2D eigenvalue weighted by atomic mass is 79.9. The Morgan fingerprint density at radius 2 is 2.20 bits per heavy atom. The molecule has 1 atom stereocenters. The molecule has 0 fully saturated rings. The summed E-state index contributed by atoms with van der Waals surface area (Å²) in [5.74, 6) is 0.202. The van der Waals surface area contributed by atoms with Crippen molar-refractivity contribution in [1.82, 2.24) is 4.98 Å². The first-order chi connectivity index (χ1) is 7.24. The first kappa shape index (κ1) is 10.4. The maximum Gasteiger partial charge on any atom is 0.168 e. The highest BCUT2D eigenvalue weighted by Crippen LogP contribution is 2.21. The van der Waals surface area contributed by atoms with Crippen molar-refractivity contribution in [3.05, 3.63) is 36.0 Å². The molecule has 2 rings (SSSR count). The Hall–Kier alpha value is -1.09. The molecule has 0 saturated carbocycles. The topological polar surface area (TPSA) is 32.9 Å². The second-order valence-corrected chi connectivity index (χ2v) is 4.32. The standard InChI is InChI=1S/C12H12BrNO/c1-8(6-13)12(15)10-7-14-11-5-3-2-4-9(10)11/h2-5,7-8,14H,6H2,1H3/t8-/m1/s1. The normalized spacial score (nSPS) is 12.9. The van der Waals surface area contributed by atoms with Crippen molar-refractivity contribution in [3.63, 3.8) is 0 Å². The summed E-state index contributed by atoms with van der Waals surface area (Å²) in [6.45, 7) is 1.93. The van der Waals surface area contributed by atoms with Gasteiger partial charge in [0.1, 0.15) is 0 Å². The fourth-order valence-electron chi connectivity index (χ4n) is 1.61. The average molecular weight is 266 g/mol. The van der Waals surface area contributed by atoms with Gasteiger partial charge in [0.05, 0.1) is 0 Å². The number of hydrogen-bond acceptors (Lipinski definition) is 1. The van der Waals surface area contributed by atoms with Crippen LogP contribution in [0, 0.1) is 5.92 Å². The van der Waals surface area contributed by atoms with E-state index in [0.717, 1.165) is 16.5 Å². The van der Waals surface area contributed by atoms with E-state index in [1.807, 2.05) is 31.2 Å². The van der Waals surface area contributed by atoms with Crippen molar-refractivity contribution in [1.29, 1.82) is 0 Å². The van der Waals surface area contributed by atoms with Gasteiger partial charge in [0.25, 0.3) is 0 Å². The fraction of sp³-hybridized carbons (Fsp3) is 0.250. The minimum absolute atomic E-state index is 0.0178. The Morgan fingerprint density at radius 3 is 2.93 bits per heavy atom. The van der Waals surface area contributed by atoms with E-state index in [-0.39, 0.29) is 11.7 Å². The zero-order valence-corrected chi connectivity index (χ0v) is 10.0. The van der Waals surface area contributed by atoms with E-state index >= 15 is 0 Å². The van der Waals surface area contributed by atoms with Crippen LogP contribution in [-0.4, -0.2) is 16.1 Å². The molecule has 0 amide bonds. The van der Waals surface area contributed by atoms with Crippen molar-refractivity contribution < 1.29 is 4.79 Å². The zero-order chi connectivity index (χ0) is 10.8. The third-order valence-corrected chi connectivity index (χ3v) is 3.50. The second-order valence-electron chi connectivity index (χ2n) is 3.67. The number of aromatic nitrogens is 1. The lowest BCUT2D eigenvalue weighted by atomic mass is 10.0. The lowest BCUT2D eigenvalue weighted by molar-refractivity contribution is 0.0944. The summed E-state index contributed by atoms with van der Waals surface area (Å²) in [6.07, 6.45) is 1.80. The van der Waals surface area contributed by atoms with E-state index in [9.17, 15) is 4.79 Å². The quantitative estimate of drug-likeness (QED) is 0.670. The van der Waals surface area contributed by atoms with Crippen molar-refractivity contribution in [2.45, 2.75) is 6.92 Å². The number of nitrogens with one attached hydrogen (secondary N) is 1. The highest BCUT2D eigenvalue weighted by Gasteiger charge is 2.17. The number of rotatable bonds is 3. The smallest absolute Gasteiger partial charge is 0.168 e. The van der Waals surface area contributed by atoms with Gasteiger partial charge >= 0.3 is 0 Å². The Bertz CT molecular complexity index is 489. The molecule has 2 aromatic rings. The number of fused-ring (bicyclic) bond motifs is 1. The summed E-state index contributed by atoms with van der Waals surface area (Å²) in [5.41, 5.74) is 1.81. The van der Waals surface area contributed by atoms with Crippen LogP contribution in [0.2, 0.25) is 0 Å². The SMILES string of the molecule is C[C@H](CBr)C(=O)c1c[nH]c2ccccc12. The van der Waals surface area contributed by atoms with Gasteiger partial charge in [-0.05, 0) is 6.07 Å². The van der Waals surface area contributed by atoms with Gasteiger partial charge in [-0.2, -0.15) is 0 Å². The molecule has 3 heteroatoms. The molecule has 78 valence electrons. The third kappa shape index (κ3) is 1.84. The van der Waals surface area contributed by atoms with E-state index < -0.39 is 0 Å². The maximum atomic E-state index is 12.0. The molecule has 0 unspecified atom stereocenters. The number of H-pyrrole nitrogens is 1. The molecule has 1 aromatic heterocycles. The van der Waals surface area contributed by atoms with Crippen LogP contribution in [0.3, 0.4) is 0 Å². The molecule has 0 bridgehead atoms.